The van der Waals surface area contributed by atoms with Crippen LogP contribution < -0.4 is 4.80 Å². The summed E-state index contributed by atoms with van der Waals surface area (Å²) in [5.41, 5.74) is 0.895. The summed E-state index contributed by atoms with van der Waals surface area (Å²) in [6.45, 7) is 7.95. The number of benzene rings is 1. The fraction of sp³-hybridized carbons (Fsp3) is 0.476. The van der Waals surface area contributed by atoms with E-state index in [0.717, 1.165) is 11.3 Å². The zero-order valence-corrected chi connectivity index (χ0v) is 20.3. The molecule has 0 aliphatic carbocycles. The van der Waals surface area contributed by atoms with Crippen LogP contribution in [-0.2, 0) is 26.5 Å². The molecule has 0 N–H and O–H groups in total. The molecule has 1 aromatic heterocycles. The molecule has 1 aliphatic rings. The lowest BCUT2D eigenvalue weighted by atomic mass is 10.2. The minimum atomic E-state index is -3.70. The molecule has 2 aromatic rings. The molecule has 9 nitrogen and oxygen atoms in total. The molecular formula is C21H27N3O6S2. The number of rotatable bonds is 5. The van der Waals surface area contributed by atoms with E-state index in [9.17, 15) is 18.0 Å². The number of hydrogen-bond donors (Lipinski definition) is 0. The highest BCUT2D eigenvalue weighted by molar-refractivity contribution is 7.89. The van der Waals surface area contributed by atoms with Gasteiger partial charge in [-0.05, 0) is 52.0 Å². The van der Waals surface area contributed by atoms with Crippen molar-refractivity contribution in [3.05, 3.63) is 45.2 Å². The highest BCUT2D eigenvalue weighted by atomic mass is 32.2. The third-order valence-corrected chi connectivity index (χ3v) is 8.15. The molecular weight excluding hydrogens is 454 g/mol. The van der Waals surface area contributed by atoms with Crippen molar-refractivity contribution in [1.82, 2.24) is 8.87 Å². The highest BCUT2D eigenvalue weighted by Gasteiger charge is 2.32. The normalized spacial score (nSPS) is 20.3. The van der Waals surface area contributed by atoms with Gasteiger partial charge in [-0.2, -0.15) is 9.30 Å². The Labute approximate surface area is 191 Å². The van der Waals surface area contributed by atoms with E-state index in [4.69, 9.17) is 9.47 Å². The van der Waals surface area contributed by atoms with Gasteiger partial charge in [-0.25, -0.2) is 13.2 Å². The van der Waals surface area contributed by atoms with Crippen LogP contribution in [0, 0.1) is 6.92 Å². The Morgan fingerprint density at radius 3 is 2.34 bits per heavy atom. The lowest BCUT2D eigenvalue weighted by Gasteiger charge is -2.34. The monoisotopic (exact) mass is 481 g/mol. The Morgan fingerprint density at radius 1 is 1.19 bits per heavy atom. The Bertz CT molecular complexity index is 1170. The van der Waals surface area contributed by atoms with E-state index >= 15 is 0 Å². The minimum Gasteiger partial charge on any atom is -0.462 e. The summed E-state index contributed by atoms with van der Waals surface area (Å²) in [4.78, 5) is 29.7. The number of nitrogens with zero attached hydrogens (tertiary/aromatic N) is 3. The van der Waals surface area contributed by atoms with Crippen LogP contribution in [0.1, 0.15) is 46.5 Å². The fourth-order valence-electron chi connectivity index (χ4n) is 3.41. The first-order valence-electron chi connectivity index (χ1n) is 10.2. The molecule has 11 heteroatoms. The third kappa shape index (κ3) is 5.01. The van der Waals surface area contributed by atoms with Crippen LogP contribution in [0.15, 0.2) is 34.2 Å². The standard InChI is InChI=1S/C21H27N3O6S2/c1-6-29-20(26)18-15(4)23(5)21(31-18)22-19(25)16-7-9-17(10-8-16)32(27,28)24-11-13(2)30-14(3)12-24/h7-10,13-14H,6,11-12H2,1-5H3/t13-,14+. The maximum atomic E-state index is 13.0. The van der Waals surface area contributed by atoms with Gasteiger partial charge in [0.15, 0.2) is 4.80 Å². The van der Waals surface area contributed by atoms with Gasteiger partial charge in [0.05, 0.1) is 23.7 Å². The van der Waals surface area contributed by atoms with Crippen molar-refractivity contribution < 1.29 is 27.5 Å². The Morgan fingerprint density at radius 2 is 1.78 bits per heavy atom. The summed E-state index contributed by atoms with van der Waals surface area (Å²) in [7, 11) is -1.99. The number of morpholine rings is 1. The van der Waals surface area contributed by atoms with Crippen molar-refractivity contribution >= 4 is 33.2 Å². The SMILES string of the molecule is CCOC(=O)c1sc(=NC(=O)c2ccc(S(=O)(=O)N3C[C@@H](C)O[C@@H](C)C3)cc2)n(C)c1C. The van der Waals surface area contributed by atoms with E-state index in [1.165, 1.54) is 28.6 Å². The molecule has 0 saturated carbocycles. The largest absolute Gasteiger partial charge is 0.462 e. The Kier molecular flexibility index (Phi) is 7.33. The zero-order valence-electron chi connectivity index (χ0n) is 18.7. The average molecular weight is 482 g/mol. The fourth-order valence-corrected chi connectivity index (χ4v) is 6.01. The van der Waals surface area contributed by atoms with E-state index in [0.29, 0.717) is 15.4 Å². The van der Waals surface area contributed by atoms with E-state index in [1.807, 2.05) is 13.8 Å². The average Bonchev–Trinajstić information content (AvgIpc) is 3.02. The summed E-state index contributed by atoms with van der Waals surface area (Å²) in [6.07, 6.45) is -0.384. The maximum Gasteiger partial charge on any atom is 0.350 e. The van der Waals surface area contributed by atoms with Gasteiger partial charge >= 0.3 is 5.97 Å². The first-order valence-corrected chi connectivity index (χ1v) is 12.5. The second kappa shape index (κ2) is 9.65. The first-order chi connectivity index (χ1) is 15.0. The summed E-state index contributed by atoms with van der Waals surface area (Å²) in [5.74, 6) is -0.990. The molecule has 2 heterocycles. The van der Waals surface area contributed by atoms with Crippen molar-refractivity contribution in [2.75, 3.05) is 19.7 Å². The van der Waals surface area contributed by atoms with Gasteiger partial charge in [-0.15, -0.1) is 0 Å². The summed E-state index contributed by atoms with van der Waals surface area (Å²) < 4.78 is 39.6. The Balaban J connectivity index is 1.84. The van der Waals surface area contributed by atoms with Gasteiger partial charge in [0.25, 0.3) is 5.91 Å². The molecule has 32 heavy (non-hydrogen) atoms. The molecule has 1 amide bonds. The van der Waals surface area contributed by atoms with Crippen molar-refractivity contribution in [2.45, 2.75) is 44.8 Å². The molecule has 0 radical (unpaired) electrons. The van der Waals surface area contributed by atoms with Crippen LogP contribution in [-0.4, -0.2) is 61.1 Å². The molecule has 1 fully saturated rings. The van der Waals surface area contributed by atoms with Crippen molar-refractivity contribution in [1.29, 1.82) is 0 Å². The second-order valence-electron chi connectivity index (χ2n) is 7.60. The number of carbonyl (C=O) groups excluding carboxylic acids is 2. The lowest BCUT2D eigenvalue weighted by molar-refractivity contribution is -0.0440. The Hall–Kier alpha value is -2.34. The minimum absolute atomic E-state index is 0.109. The van der Waals surface area contributed by atoms with Crippen molar-refractivity contribution in [3.63, 3.8) is 0 Å². The quantitative estimate of drug-likeness (QED) is 0.606. The molecule has 0 spiro atoms. The van der Waals surface area contributed by atoms with Crippen molar-refractivity contribution in [2.24, 2.45) is 12.0 Å². The zero-order chi connectivity index (χ0) is 23.6. The summed E-state index contributed by atoms with van der Waals surface area (Å²) in [5, 5.41) is 0. The predicted octanol–water partition coefficient (Wildman–Crippen LogP) is 2.11. The molecule has 3 rings (SSSR count). The van der Waals surface area contributed by atoms with Crippen molar-refractivity contribution in [3.8, 4) is 0 Å². The van der Waals surface area contributed by atoms with Crippen LogP contribution in [0.25, 0.3) is 0 Å². The number of esters is 1. The van der Waals surface area contributed by atoms with Crippen LogP contribution in [0.3, 0.4) is 0 Å². The van der Waals surface area contributed by atoms with Gasteiger partial charge in [0, 0.05) is 31.4 Å². The number of ether oxygens (including phenoxy) is 2. The summed E-state index contributed by atoms with van der Waals surface area (Å²) >= 11 is 1.07. The van der Waals surface area contributed by atoms with E-state index in [2.05, 4.69) is 4.99 Å². The number of sulfonamides is 1. The molecule has 174 valence electrons. The third-order valence-electron chi connectivity index (χ3n) is 5.10. The lowest BCUT2D eigenvalue weighted by Crippen LogP contribution is -2.48. The first kappa shape index (κ1) is 24.3. The van der Waals surface area contributed by atoms with E-state index < -0.39 is 21.9 Å². The number of amides is 1. The van der Waals surface area contributed by atoms with Crippen LogP contribution >= 0.6 is 11.3 Å². The van der Waals surface area contributed by atoms with Gasteiger partial charge < -0.3 is 14.0 Å². The molecule has 0 unspecified atom stereocenters. The maximum absolute atomic E-state index is 13.0. The molecule has 0 bridgehead atoms. The molecule has 1 aromatic carbocycles. The van der Waals surface area contributed by atoms with Crippen LogP contribution in [0.4, 0.5) is 0 Å². The predicted molar refractivity (Wildman–Crippen MR) is 119 cm³/mol. The van der Waals surface area contributed by atoms with E-state index in [1.54, 1.807) is 25.5 Å². The molecule has 1 aliphatic heterocycles. The van der Waals surface area contributed by atoms with E-state index in [-0.39, 0.29) is 42.4 Å². The van der Waals surface area contributed by atoms with Gasteiger partial charge in [0.2, 0.25) is 10.0 Å². The molecule has 1 saturated heterocycles. The van der Waals surface area contributed by atoms with Gasteiger partial charge in [-0.1, -0.05) is 11.3 Å². The van der Waals surface area contributed by atoms with Gasteiger partial charge in [0.1, 0.15) is 4.88 Å². The summed E-state index contributed by atoms with van der Waals surface area (Å²) in [6, 6.07) is 5.71. The number of aromatic nitrogens is 1. The topological polar surface area (TPSA) is 107 Å². The highest BCUT2D eigenvalue weighted by Crippen LogP contribution is 2.22. The van der Waals surface area contributed by atoms with Crippen LogP contribution in [0.2, 0.25) is 0 Å². The van der Waals surface area contributed by atoms with Gasteiger partial charge in [-0.3, -0.25) is 4.79 Å². The number of thiazole rings is 1. The number of hydrogen-bond acceptors (Lipinski definition) is 7. The van der Waals surface area contributed by atoms with Crippen LogP contribution in [0.5, 0.6) is 0 Å². The molecule has 2 atom stereocenters. The smallest absolute Gasteiger partial charge is 0.350 e. The number of carbonyl (C=O) groups is 2. The second-order valence-corrected chi connectivity index (χ2v) is 10.5.